The molecule has 5 rings (SSSR count). The number of thiophene rings is 2. The van der Waals surface area contributed by atoms with E-state index in [0.717, 1.165) is 68.2 Å². The fraction of sp³-hybridized carbons (Fsp3) is 0.524. The summed E-state index contributed by atoms with van der Waals surface area (Å²) < 4.78 is 5.48. The van der Waals surface area contributed by atoms with Crippen LogP contribution in [0.5, 0.6) is 0 Å². The van der Waals surface area contributed by atoms with Gasteiger partial charge in [0, 0.05) is 22.8 Å². The highest BCUT2D eigenvalue weighted by atomic mass is 32.1. The summed E-state index contributed by atoms with van der Waals surface area (Å²) >= 11 is 3.67. The molecule has 5 nitrogen and oxygen atoms in total. The second-order valence-corrected chi connectivity index (χ2v) is 9.96. The van der Waals surface area contributed by atoms with Crippen molar-refractivity contribution >= 4 is 38.7 Å². The lowest BCUT2D eigenvalue weighted by atomic mass is 9.89. The molecule has 0 amide bonds. The van der Waals surface area contributed by atoms with Gasteiger partial charge in [-0.3, -0.25) is 4.90 Å². The van der Waals surface area contributed by atoms with Gasteiger partial charge in [-0.15, -0.1) is 22.7 Å². The van der Waals surface area contributed by atoms with E-state index in [0.29, 0.717) is 0 Å². The molecule has 1 N–H and O–H groups in total. The predicted molar refractivity (Wildman–Crippen MR) is 116 cm³/mol. The van der Waals surface area contributed by atoms with Crippen molar-refractivity contribution in [2.45, 2.75) is 39.3 Å². The van der Waals surface area contributed by atoms with Gasteiger partial charge in [0.05, 0.1) is 31.7 Å². The van der Waals surface area contributed by atoms with E-state index < -0.39 is 0 Å². The minimum atomic E-state index is 0.767. The quantitative estimate of drug-likeness (QED) is 0.674. The topological polar surface area (TPSA) is 50.3 Å². The monoisotopic (exact) mass is 414 g/mol. The highest BCUT2D eigenvalue weighted by Gasteiger charge is 2.24. The van der Waals surface area contributed by atoms with Crippen LogP contribution in [0, 0.1) is 5.92 Å². The summed E-state index contributed by atoms with van der Waals surface area (Å²) in [7, 11) is 0. The molecule has 1 aliphatic carbocycles. The Morgan fingerprint density at radius 2 is 2.18 bits per heavy atom. The first-order valence-corrected chi connectivity index (χ1v) is 11.8. The van der Waals surface area contributed by atoms with Gasteiger partial charge in [0.2, 0.25) is 0 Å². The SMILES string of the molecule is C[C@H]1CCc2c(sc3nc(CN4CCOCC4)nc(NCc4cccs4)c23)C1. The Morgan fingerprint density at radius 3 is 3.00 bits per heavy atom. The summed E-state index contributed by atoms with van der Waals surface area (Å²) in [6, 6.07) is 4.28. The number of ether oxygens (including phenoxy) is 1. The van der Waals surface area contributed by atoms with Crippen molar-refractivity contribution in [3.63, 3.8) is 0 Å². The van der Waals surface area contributed by atoms with Crippen molar-refractivity contribution in [1.29, 1.82) is 0 Å². The van der Waals surface area contributed by atoms with Crippen molar-refractivity contribution in [3.05, 3.63) is 38.7 Å². The molecule has 3 aromatic heterocycles. The van der Waals surface area contributed by atoms with E-state index in [2.05, 4.69) is 34.7 Å². The third kappa shape index (κ3) is 3.81. The van der Waals surface area contributed by atoms with Crippen molar-refractivity contribution in [3.8, 4) is 0 Å². The van der Waals surface area contributed by atoms with Crippen LogP contribution in [0.3, 0.4) is 0 Å². The molecule has 0 saturated carbocycles. The van der Waals surface area contributed by atoms with Gasteiger partial charge in [0.1, 0.15) is 16.5 Å². The molecular weight excluding hydrogens is 388 g/mol. The Kier molecular flexibility index (Phi) is 5.32. The van der Waals surface area contributed by atoms with Gasteiger partial charge in [-0.05, 0) is 42.2 Å². The summed E-state index contributed by atoms with van der Waals surface area (Å²) in [5.41, 5.74) is 1.49. The van der Waals surface area contributed by atoms with Crippen molar-refractivity contribution in [2.75, 3.05) is 31.6 Å². The van der Waals surface area contributed by atoms with Gasteiger partial charge in [-0.1, -0.05) is 13.0 Å². The average molecular weight is 415 g/mol. The molecule has 0 unspecified atom stereocenters. The van der Waals surface area contributed by atoms with Crippen LogP contribution in [0.4, 0.5) is 5.82 Å². The summed E-state index contributed by atoms with van der Waals surface area (Å²) in [5.74, 6) is 2.72. The Morgan fingerprint density at radius 1 is 1.29 bits per heavy atom. The van der Waals surface area contributed by atoms with Gasteiger partial charge in [0.25, 0.3) is 0 Å². The van der Waals surface area contributed by atoms with Crippen LogP contribution in [0.2, 0.25) is 0 Å². The number of nitrogens with zero attached hydrogens (tertiary/aromatic N) is 3. The third-order valence-electron chi connectivity index (χ3n) is 5.68. The van der Waals surface area contributed by atoms with Crippen molar-refractivity contribution in [2.24, 2.45) is 5.92 Å². The second-order valence-electron chi connectivity index (χ2n) is 7.84. The lowest BCUT2D eigenvalue weighted by Gasteiger charge is -2.26. The molecular formula is C21H26N4OS2. The second kappa shape index (κ2) is 8.06. The Hall–Kier alpha value is -1.54. The predicted octanol–water partition coefficient (Wildman–Crippen LogP) is 4.32. The molecule has 0 aromatic carbocycles. The number of hydrogen-bond acceptors (Lipinski definition) is 7. The maximum atomic E-state index is 5.48. The maximum absolute atomic E-state index is 5.48. The van der Waals surface area contributed by atoms with E-state index in [4.69, 9.17) is 14.7 Å². The van der Waals surface area contributed by atoms with E-state index in [9.17, 15) is 0 Å². The minimum absolute atomic E-state index is 0.767. The fourth-order valence-corrected chi connectivity index (χ4v) is 6.17. The van der Waals surface area contributed by atoms with Crippen LogP contribution in [-0.4, -0.2) is 41.2 Å². The number of aromatic nitrogens is 2. The van der Waals surface area contributed by atoms with Crippen LogP contribution < -0.4 is 5.32 Å². The van der Waals surface area contributed by atoms with Crippen LogP contribution in [-0.2, 0) is 30.7 Å². The molecule has 2 aliphatic rings. The molecule has 28 heavy (non-hydrogen) atoms. The Balaban J connectivity index is 1.50. The van der Waals surface area contributed by atoms with Gasteiger partial charge >= 0.3 is 0 Å². The molecule has 4 heterocycles. The lowest BCUT2D eigenvalue weighted by Crippen LogP contribution is -2.36. The first-order valence-electron chi connectivity index (χ1n) is 10.1. The summed E-state index contributed by atoms with van der Waals surface area (Å²) in [6.45, 7) is 7.50. The van der Waals surface area contributed by atoms with E-state index in [1.54, 1.807) is 11.3 Å². The normalized spacial score (nSPS) is 20.4. The van der Waals surface area contributed by atoms with E-state index >= 15 is 0 Å². The zero-order valence-electron chi connectivity index (χ0n) is 16.2. The number of morpholine rings is 1. The van der Waals surface area contributed by atoms with Crippen molar-refractivity contribution in [1.82, 2.24) is 14.9 Å². The molecule has 1 saturated heterocycles. The van der Waals surface area contributed by atoms with Crippen LogP contribution in [0.25, 0.3) is 10.2 Å². The number of nitrogens with one attached hydrogen (secondary N) is 1. The molecule has 1 atom stereocenters. The number of rotatable bonds is 5. The van der Waals surface area contributed by atoms with E-state index in [1.807, 2.05) is 11.3 Å². The van der Waals surface area contributed by atoms with Gasteiger partial charge < -0.3 is 10.1 Å². The average Bonchev–Trinajstić information content (AvgIpc) is 3.34. The minimum Gasteiger partial charge on any atom is -0.379 e. The zero-order chi connectivity index (χ0) is 18.9. The molecule has 0 bridgehead atoms. The van der Waals surface area contributed by atoms with E-state index in [1.165, 1.54) is 33.5 Å². The molecule has 0 radical (unpaired) electrons. The maximum Gasteiger partial charge on any atom is 0.146 e. The smallest absolute Gasteiger partial charge is 0.146 e. The van der Waals surface area contributed by atoms with Gasteiger partial charge in [0.15, 0.2) is 0 Å². The highest BCUT2D eigenvalue weighted by molar-refractivity contribution is 7.19. The summed E-state index contributed by atoms with van der Waals surface area (Å²) in [4.78, 5) is 16.4. The highest BCUT2D eigenvalue weighted by Crippen LogP contribution is 2.40. The van der Waals surface area contributed by atoms with E-state index in [-0.39, 0.29) is 0 Å². The van der Waals surface area contributed by atoms with Crippen LogP contribution in [0.15, 0.2) is 17.5 Å². The third-order valence-corrected chi connectivity index (χ3v) is 7.70. The molecule has 0 spiro atoms. The van der Waals surface area contributed by atoms with Gasteiger partial charge in [-0.2, -0.15) is 0 Å². The zero-order valence-corrected chi connectivity index (χ0v) is 17.9. The lowest BCUT2D eigenvalue weighted by molar-refractivity contribution is 0.0331. The van der Waals surface area contributed by atoms with Crippen LogP contribution >= 0.6 is 22.7 Å². The molecule has 1 aliphatic heterocycles. The number of hydrogen-bond donors (Lipinski definition) is 1. The largest absolute Gasteiger partial charge is 0.379 e. The fourth-order valence-electron chi connectivity index (χ4n) is 4.13. The summed E-state index contributed by atoms with van der Waals surface area (Å²) in [6.07, 6.45) is 3.59. The van der Waals surface area contributed by atoms with Crippen LogP contribution in [0.1, 0.15) is 34.5 Å². The molecule has 148 valence electrons. The van der Waals surface area contributed by atoms with Gasteiger partial charge in [-0.25, -0.2) is 9.97 Å². The number of aryl methyl sites for hydroxylation is 1. The Labute approximate surface area is 173 Å². The first-order chi connectivity index (χ1) is 13.8. The Bertz CT molecular complexity index is 947. The molecule has 1 fully saturated rings. The number of fused-ring (bicyclic) bond motifs is 3. The first kappa shape index (κ1) is 18.5. The number of anilines is 1. The molecule has 7 heteroatoms. The summed E-state index contributed by atoms with van der Waals surface area (Å²) in [5, 5.41) is 7.04. The van der Waals surface area contributed by atoms with Crippen molar-refractivity contribution < 1.29 is 4.74 Å². The standard InChI is InChI=1S/C21H26N4OS2/c1-14-4-5-16-17(11-14)28-21-19(16)20(22-12-15-3-2-10-27-15)23-18(24-21)13-25-6-8-26-9-7-25/h2-3,10,14H,4-9,11-13H2,1H3,(H,22,23,24)/t14-/m0/s1. The molecule has 3 aromatic rings.